The minimum atomic E-state index is -0.407. The molecule has 3 atom stereocenters. The normalized spacial score (nSPS) is 22.2. The van der Waals surface area contributed by atoms with Gasteiger partial charge in [-0.1, -0.05) is 33.6 Å². The Hall–Kier alpha value is -1.37. The lowest BCUT2D eigenvalue weighted by atomic mass is 9.86. The van der Waals surface area contributed by atoms with Gasteiger partial charge in [0.1, 0.15) is 6.04 Å². The molecule has 0 heterocycles. The van der Waals surface area contributed by atoms with Crippen molar-refractivity contribution in [1.82, 2.24) is 20.9 Å². The predicted octanol–water partition coefficient (Wildman–Crippen LogP) is 1.40. The maximum Gasteiger partial charge on any atom is 0.245 e. The second kappa shape index (κ2) is 8.65. The molecule has 0 saturated heterocycles. The molecule has 0 radical (unpaired) electrons. The summed E-state index contributed by atoms with van der Waals surface area (Å²) in [5.74, 6) is -0.0309. The van der Waals surface area contributed by atoms with Crippen molar-refractivity contribution in [2.75, 3.05) is 14.1 Å². The molecule has 0 spiro atoms. The van der Waals surface area contributed by atoms with Gasteiger partial charge in [-0.05, 0) is 30.5 Å². The van der Waals surface area contributed by atoms with E-state index in [-0.39, 0.29) is 29.3 Å². The fourth-order valence-corrected chi connectivity index (χ4v) is 3.25. The third kappa shape index (κ3) is 6.26. The predicted molar refractivity (Wildman–Crippen MR) is 101 cm³/mol. The minimum absolute atomic E-state index is 0.00583. The summed E-state index contributed by atoms with van der Waals surface area (Å²) in [6.07, 6.45) is 4.11. The Bertz CT molecular complexity index is 474. The summed E-state index contributed by atoms with van der Waals surface area (Å²) in [7, 11) is 3.49. The van der Waals surface area contributed by atoms with E-state index in [1.807, 2.05) is 20.8 Å². The van der Waals surface area contributed by atoms with Crippen LogP contribution in [0.2, 0.25) is 0 Å². The summed E-state index contributed by atoms with van der Waals surface area (Å²) in [6.45, 7) is 7.56. The van der Waals surface area contributed by atoms with Gasteiger partial charge in [-0.3, -0.25) is 9.59 Å². The number of nitrogens with zero attached hydrogens (tertiary/aromatic N) is 1. The number of carbonyl (C=O) groups excluding carboxylic acids is 2. The van der Waals surface area contributed by atoms with Crippen molar-refractivity contribution >= 4 is 29.1 Å². The molecule has 0 aromatic heterocycles. The number of hydrogen-bond donors (Lipinski definition) is 3. The lowest BCUT2D eigenvalue weighted by molar-refractivity contribution is -0.133. The van der Waals surface area contributed by atoms with E-state index in [0.29, 0.717) is 5.11 Å². The quantitative estimate of drug-likeness (QED) is 0.664. The van der Waals surface area contributed by atoms with Crippen molar-refractivity contribution in [2.24, 2.45) is 5.41 Å². The fourth-order valence-electron chi connectivity index (χ4n) is 2.99. The zero-order valence-corrected chi connectivity index (χ0v) is 16.5. The number of carbonyl (C=O) groups is 2. The van der Waals surface area contributed by atoms with Crippen LogP contribution in [0.4, 0.5) is 0 Å². The number of hydrogen-bond acceptors (Lipinski definition) is 3. The van der Waals surface area contributed by atoms with Gasteiger partial charge < -0.3 is 20.9 Å². The van der Waals surface area contributed by atoms with Crippen LogP contribution in [0.25, 0.3) is 0 Å². The first-order valence-electron chi connectivity index (χ1n) is 8.57. The highest BCUT2D eigenvalue weighted by Crippen LogP contribution is 2.21. The Kier molecular flexibility index (Phi) is 7.45. The summed E-state index contributed by atoms with van der Waals surface area (Å²) >= 11 is 5.45. The number of rotatable bonds is 4. The van der Waals surface area contributed by atoms with Gasteiger partial charge in [-0.2, -0.15) is 0 Å². The van der Waals surface area contributed by atoms with E-state index in [0.717, 1.165) is 25.7 Å². The van der Waals surface area contributed by atoms with E-state index in [1.165, 1.54) is 6.92 Å². The number of amides is 2. The SMILES string of the molecule is CC(=O)N[C@@H]1CCCC[C@H]1NC(=S)N[C@H](C(=O)N(C)C)C(C)(C)C. The van der Waals surface area contributed by atoms with E-state index in [4.69, 9.17) is 12.2 Å². The summed E-state index contributed by atoms with van der Waals surface area (Å²) in [5, 5.41) is 9.94. The lowest BCUT2D eigenvalue weighted by Gasteiger charge is -2.36. The second-order valence-electron chi connectivity index (χ2n) is 7.85. The monoisotopic (exact) mass is 356 g/mol. The van der Waals surface area contributed by atoms with E-state index in [9.17, 15) is 9.59 Å². The molecule has 1 saturated carbocycles. The highest BCUT2D eigenvalue weighted by Gasteiger charge is 2.34. The Labute approximate surface area is 151 Å². The van der Waals surface area contributed by atoms with Crippen molar-refractivity contribution in [3.63, 3.8) is 0 Å². The van der Waals surface area contributed by atoms with Crippen LogP contribution in [0, 0.1) is 5.41 Å². The van der Waals surface area contributed by atoms with Crippen LogP contribution in [0.3, 0.4) is 0 Å². The largest absolute Gasteiger partial charge is 0.358 e. The van der Waals surface area contributed by atoms with Crippen LogP contribution in [0.15, 0.2) is 0 Å². The Morgan fingerprint density at radius 1 is 1.08 bits per heavy atom. The maximum atomic E-state index is 12.4. The lowest BCUT2D eigenvalue weighted by Crippen LogP contribution is -2.59. The molecule has 1 fully saturated rings. The second-order valence-corrected chi connectivity index (χ2v) is 8.26. The molecule has 0 aliphatic heterocycles. The van der Waals surface area contributed by atoms with Gasteiger partial charge >= 0.3 is 0 Å². The zero-order valence-electron chi connectivity index (χ0n) is 15.7. The maximum absolute atomic E-state index is 12.4. The van der Waals surface area contributed by atoms with Crippen LogP contribution in [0.5, 0.6) is 0 Å². The third-order valence-electron chi connectivity index (χ3n) is 4.30. The van der Waals surface area contributed by atoms with Gasteiger partial charge in [-0.15, -0.1) is 0 Å². The molecule has 6 nitrogen and oxygen atoms in total. The van der Waals surface area contributed by atoms with Crippen LogP contribution in [0.1, 0.15) is 53.4 Å². The molecule has 3 N–H and O–H groups in total. The summed E-state index contributed by atoms with van der Waals surface area (Å²) in [5.41, 5.74) is -0.267. The summed E-state index contributed by atoms with van der Waals surface area (Å²) in [4.78, 5) is 25.4. The molecule has 0 bridgehead atoms. The molecule has 7 heteroatoms. The average molecular weight is 357 g/mol. The minimum Gasteiger partial charge on any atom is -0.358 e. The van der Waals surface area contributed by atoms with Gasteiger partial charge in [0, 0.05) is 33.1 Å². The van der Waals surface area contributed by atoms with Crippen LogP contribution >= 0.6 is 12.2 Å². The van der Waals surface area contributed by atoms with E-state index in [1.54, 1.807) is 19.0 Å². The molecule has 0 unspecified atom stereocenters. The van der Waals surface area contributed by atoms with Crippen molar-refractivity contribution in [2.45, 2.75) is 71.5 Å². The van der Waals surface area contributed by atoms with Gasteiger partial charge in [0.15, 0.2) is 5.11 Å². The molecule has 24 heavy (non-hydrogen) atoms. The van der Waals surface area contributed by atoms with E-state index >= 15 is 0 Å². The fraction of sp³-hybridized carbons (Fsp3) is 0.824. The van der Waals surface area contributed by atoms with Crippen LogP contribution in [-0.4, -0.2) is 54.0 Å². The molecular weight excluding hydrogens is 324 g/mol. The van der Waals surface area contributed by atoms with Crippen LogP contribution in [-0.2, 0) is 9.59 Å². The van der Waals surface area contributed by atoms with Crippen molar-refractivity contribution in [1.29, 1.82) is 0 Å². The first-order chi connectivity index (χ1) is 11.0. The molecular formula is C17H32N4O2S. The molecule has 1 rings (SSSR count). The summed E-state index contributed by atoms with van der Waals surface area (Å²) < 4.78 is 0. The first-order valence-corrected chi connectivity index (χ1v) is 8.98. The van der Waals surface area contributed by atoms with E-state index in [2.05, 4.69) is 16.0 Å². The number of likely N-dealkylation sites (N-methyl/N-ethyl adjacent to an activating group) is 1. The Morgan fingerprint density at radius 3 is 2.00 bits per heavy atom. The zero-order chi connectivity index (χ0) is 18.5. The molecule has 0 aromatic carbocycles. The molecule has 138 valence electrons. The van der Waals surface area contributed by atoms with Gasteiger partial charge in [0.2, 0.25) is 11.8 Å². The van der Waals surface area contributed by atoms with E-state index < -0.39 is 6.04 Å². The highest BCUT2D eigenvalue weighted by molar-refractivity contribution is 7.80. The van der Waals surface area contributed by atoms with Gasteiger partial charge in [-0.25, -0.2) is 0 Å². The number of nitrogens with one attached hydrogen (secondary N) is 3. The smallest absolute Gasteiger partial charge is 0.245 e. The Morgan fingerprint density at radius 2 is 1.58 bits per heavy atom. The molecule has 0 aromatic rings. The third-order valence-corrected chi connectivity index (χ3v) is 4.54. The molecule has 1 aliphatic rings. The standard InChI is InChI=1S/C17H32N4O2S/c1-11(22)18-12-9-7-8-10-13(12)19-16(24)20-14(17(2,3)4)15(23)21(5)6/h12-14H,7-10H2,1-6H3,(H,18,22)(H2,19,20,24)/t12-,13-,14-/m1/s1. The van der Waals surface area contributed by atoms with Gasteiger partial charge in [0.25, 0.3) is 0 Å². The summed E-state index contributed by atoms with van der Waals surface area (Å²) in [6, 6.07) is -0.235. The number of thiocarbonyl (C=S) groups is 1. The van der Waals surface area contributed by atoms with Crippen molar-refractivity contribution < 1.29 is 9.59 Å². The molecule has 2 amide bonds. The van der Waals surface area contributed by atoms with Crippen molar-refractivity contribution in [3.05, 3.63) is 0 Å². The molecule has 1 aliphatic carbocycles. The van der Waals surface area contributed by atoms with Crippen LogP contribution < -0.4 is 16.0 Å². The van der Waals surface area contributed by atoms with Gasteiger partial charge in [0.05, 0.1) is 0 Å². The first kappa shape index (κ1) is 20.7. The Balaban J connectivity index is 2.73. The average Bonchev–Trinajstić information content (AvgIpc) is 2.44. The van der Waals surface area contributed by atoms with Crippen molar-refractivity contribution in [3.8, 4) is 0 Å². The topological polar surface area (TPSA) is 73.5 Å². The highest BCUT2D eigenvalue weighted by atomic mass is 32.1.